The predicted octanol–water partition coefficient (Wildman–Crippen LogP) is 1.10. The number of alkyl carbamates (subject to hydrolysis) is 1. The molecule has 0 saturated carbocycles. The largest absolute Gasteiger partial charge is 0.480 e. The van der Waals surface area contributed by atoms with Crippen LogP contribution in [0.15, 0.2) is 46.2 Å². The Hall–Kier alpha value is -3.00. The predicted molar refractivity (Wildman–Crippen MR) is 100 cm³/mol. The van der Waals surface area contributed by atoms with E-state index in [9.17, 15) is 35.5 Å². The van der Waals surface area contributed by atoms with Crippen LogP contribution in [-0.2, 0) is 29.8 Å². The molecule has 1 aliphatic carbocycles. The maximum Gasteiger partial charge on any atom is 0.407 e. The summed E-state index contributed by atoms with van der Waals surface area (Å²) in [5, 5.41) is 10.6. The van der Waals surface area contributed by atoms with Crippen molar-refractivity contribution in [1.82, 2.24) is 5.32 Å². The lowest BCUT2D eigenvalue weighted by atomic mass is 9.98. The van der Waals surface area contributed by atoms with E-state index < -0.39 is 61.2 Å². The highest BCUT2D eigenvalue weighted by atomic mass is 32.2. The fourth-order valence-corrected chi connectivity index (χ4v) is 4.21. The van der Waals surface area contributed by atoms with Crippen molar-refractivity contribution in [2.75, 3.05) is 13.2 Å². The van der Waals surface area contributed by atoms with Crippen LogP contribution in [0, 0.1) is 0 Å². The maximum atomic E-state index is 11.7. The molecule has 3 rings (SSSR count). The minimum atomic E-state index is -4.54. The smallest absolute Gasteiger partial charge is 0.407 e. The van der Waals surface area contributed by atoms with Gasteiger partial charge >= 0.3 is 12.1 Å². The summed E-state index contributed by atoms with van der Waals surface area (Å²) in [5.74, 6) is -2.13. The van der Waals surface area contributed by atoms with Gasteiger partial charge in [0.05, 0.1) is 9.79 Å². The van der Waals surface area contributed by atoms with Gasteiger partial charge in [0.25, 0.3) is 20.2 Å². The summed E-state index contributed by atoms with van der Waals surface area (Å²) in [7, 11) is -9.07. The number of carboxylic acids is 1. The number of hydrogen-bond acceptors (Lipinski definition) is 7. The molecule has 13 heteroatoms. The third-order valence-corrected chi connectivity index (χ3v) is 6.15. The Morgan fingerprint density at radius 1 is 0.900 bits per heavy atom. The molecule has 11 nitrogen and oxygen atoms in total. The van der Waals surface area contributed by atoms with Crippen LogP contribution in [-0.4, -0.2) is 56.3 Å². The first-order chi connectivity index (χ1) is 13.9. The van der Waals surface area contributed by atoms with Crippen LogP contribution in [0.3, 0.4) is 0 Å². The number of carbonyl (C=O) groups is 2. The molecule has 0 heterocycles. The minimum Gasteiger partial charge on any atom is -0.480 e. The number of nitrogens with one attached hydrogen (secondary N) is 1. The molecule has 2 aromatic rings. The second-order valence-corrected chi connectivity index (χ2v) is 9.19. The summed E-state index contributed by atoms with van der Waals surface area (Å²) in [6, 6.07) is 7.49. The zero-order valence-corrected chi connectivity index (χ0v) is 16.6. The number of hydrogen-bond donors (Lipinski definition) is 4. The van der Waals surface area contributed by atoms with Gasteiger partial charge in [0.15, 0.2) is 0 Å². The number of rotatable bonds is 6. The first-order valence-electron chi connectivity index (χ1n) is 8.23. The summed E-state index contributed by atoms with van der Waals surface area (Å²) in [6.45, 7) is -1.08. The molecule has 0 fully saturated rings. The topological polar surface area (TPSA) is 184 Å². The van der Waals surface area contributed by atoms with E-state index in [1.54, 1.807) is 0 Å². The average Bonchev–Trinajstić information content (AvgIpc) is 2.95. The third kappa shape index (κ3) is 4.43. The second kappa shape index (κ2) is 7.68. The monoisotopic (exact) mass is 457 g/mol. The zero-order valence-electron chi connectivity index (χ0n) is 15.0. The summed E-state index contributed by atoms with van der Waals surface area (Å²) < 4.78 is 69.7. The van der Waals surface area contributed by atoms with Crippen LogP contribution >= 0.6 is 0 Å². The summed E-state index contributed by atoms with van der Waals surface area (Å²) >= 11 is 0. The molecule has 30 heavy (non-hydrogen) atoms. The standard InChI is InChI=1S/C17H15NO10S2/c19-16(20)7-18-17(21)28-8-15-13-5-9(29(22,23)24)1-3-11(13)12-4-2-10(6-14(12)15)30(25,26)27/h1-6,15H,7-8H2,(H,18,21)(H,19,20)(H,22,23,24)(H,25,26,27). The quantitative estimate of drug-likeness (QED) is 0.458. The van der Waals surface area contributed by atoms with Crippen molar-refractivity contribution < 1.29 is 45.4 Å². The van der Waals surface area contributed by atoms with Crippen molar-refractivity contribution in [3.05, 3.63) is 47.5 Å². The average molecular weight is 457 g/mol. The van der Waals surface area contributed by atoms with Crippen molar-refractivity contribution in [3.63, 3.8) is 0 Å². The molecule has 1 aliphatic rings. The van der Waals surface area contributed by atoms with Crippen molar-refractivity contribution in [1.29, 1.82) is 0 Å². The van der Waals surface area contributed by atoms with E-state index in [0.29, 0.717) is 22.3 Å². The molecule has 0 spiro atoms. The molecule has 0 saturated heterocycles. The SMILES string of the molecule is O=C(O)CNC(=O)OCC1c2cc(S(=O)(=O)O)ccc2-c2ccc(S(=O)(=O)O)cc21. The van der Waals surface area contributed by atoms with E-state index >= 15 is 0 Å². The Balaban J connectivity index is 2.03. The molecule has 0 aliphatic heterocycles. The van der Waals surface area contributed by atoms with Crippen molar-refractivity contribution >= 4 is 32.3 Å². The fraction of sp³-hybridized carbons (Fsp3) is 0.176. The lowest BCUT2D eigenvalue weighted by molar-refractivity contribution is -0.135. The van der Waals surface area contributed by atoms with Crippen LogP contribution in [0.2, 0.25) is 0 Å². The Kier molecular flexibility index (Phi) is 5.56. The van der Waals surface area contributed by atoms with E-state index in [-0.39, 0.29) is 0 Å². The van der Waals surface area contributed by atoms with E-state index in [1.165, 1.54) is 24.3 Å². The molecular weight excluding hydrogens is 442 g/mol. The lowest BCUT2D eigenvalue weighted by Gasteiger charge is -2.15. The molecular formula is C17H15NO10S2. The molecule has 2 aromatic carbocycles. The Labute approximate surface area is 170 Å². The summed E-state index contributed by atoms with van der Waals surface area (Å²) in [4.78, 5) is 21.4. The van der Waals surface area contributed by atoms with Crippen LogP contribution in [0.5, 0.6) is 0 Å². The van der Waals surface area contributed by atoms with Gasteiger partial charge in [-0.3, -0.25) is 13.9 Å². The van der Waals surface area contributed by atoms with Gasteiger partial charge in [0.2, 0.25) is 0 Å². The summed E-state index contributed by atoms with van der Waals surface area (Å²) in [5.41, 5.74) is 1.69. The first-order valence-corrected chi connectivity index (χ1v) is 11.1. The molecule has 0 unspecified atom stereocenters. The minimum absolute atomic E-state index is 0.332. The van der Waals surface area contributed by atoms with Crippen molar-refractivity contribution in [2.45, 2.75) is 15.7 Å². The van der Waals surface area contributed by atoms with Crippen LogP contribution < -0.4 is 5.32 Å². The van der Waals surface area contributed by atoms with Gasteiger partial charge in [-0.05, 0) is 46.5 Å². The van der Waals surface area contributed by atoms with E-state index in [2.05, 4.69) is 0 Å². The highest BCUT2D eigenvalue weighted by Gasteiger charge is 2.32. The van der Waals surface area contributed by atoms with Gasteiger partial charge < -0.3 is 15.2 Å². The van der Waals surface area contributed by atoms with E-state index in [1.807, 2.05) is 5.32 Å². The number of ether oxygens (including phenoxy) is 1. The number of aliphatic carboxylic acids is 1. The molecule has 0 atom stereocenters. The Morgan fingerprint density at radius 2 is 1.37 bits per heavy atom. The first kappa shape index (κ1) is 21.7. The molecule has 160 valence electrons. The second-order valence-electron chi connectivity index (χ2n) is 6.35. The number of carbonyl (C=O) groups excluding carboxylic acids is 1. The van der Waals surface area contributed by atoms with Gasteiger partial charge in [-0.1, -0.05) is 12.1 Å². The van der Waals surface area contributed by atoms with Crippen LogP contribution in [0.25, 0.3) is 11.1 Å². The Bertz CT molecular complexity index is 1170. The van der Waals surface area contributed by atoms with Gasteiger partial charge in [0.1, 0.15) is 13.2 Å². The number of amides is 1. The highest BCUT2D eigenvalue weighted by molar-refractivity contribution is 7.86. The fourth-order valence-electron chi connectivity index (χ4n) is 3.17. The molecule has 1 amide bonds. The molecule has 0 bridgehead atoms. The van der Waals surface area contributed by atoms with E-state index in [0.717, 1.165) is 12.1 Å². The normalized spacial score (nSPS) is 13.4. The number of fused-ring (bicyclic) bond motifs is 3. The highest BCUT2D eigenvalue weighted by Crippen LogP contribution is 2.46. The molecule has 4 N–H and O–H groups in total. The van der Waals surface area contributed by atoms with Gasteiger partial charge in [-0.15, -0.1) is 0 Å². The number of benzene rings is 2. The van der Waals surface area contributed by atoms with Crippen LogP contribution in [0.1, 0.15) is 17.0 Å². The van der Waals surface area contributed by atoms with Gasteiger partial charge in [-0.25, -0.2) is 4.79 Å². The molecule has 0 aromatic heterocycles. The summed E-state index contributed by atoms with van der Waals surface area (Å²) in [6.07, 6.45) is -1.05. The van der Waals surface area contributed by atoms with Crippen LogP contribution in [0.4, 0.5) is 4.79 Å². The number of carboxylic acid groups (broad SMARTS) is 1. The Morgan fingerprint density at radius 3 is 1.77 bits per heavy atom. The lowest BCUT2D eigenvalue weighted by Crippen LogP contribution is -2.30. The van der Waals surface area contributed by atoms with Crippen molar-refractivity contribution in [3.8, 4) is 11.1 Å². The molecule has 0 radical (unpaired) electrons. The maximum absolute atomic E-state index is 11.7. The van der Waals surface area contributed by atoms with Gasteiger partial charge in [-0.2, -0.15) is 16.8 Å². The third-order valence-electron chi connectivity index (χ3n) is 4.45. The van der Waals surface area contributed by atoms with Gasteiger partial charge in [0, 0.05) is 5.92 Å². The van der Waals surface area contributed by atoms with E-state index in [4.69, 9.17) is 9.84 Å². The zero-order chi connectivity index (χ0) is 22.3. The van der Waals surface area contributed by atoms with Crippen molar-refractivity contribution in [2.24, 2.45) is 0 Å².